The van der Waals surface area contributed by atoms with Crippen molar-refractivity contribution < 1.29 is 0 Å². The maximum absolute atomic E-state index is 4.64. The van der Waals surface area contributed by atoms with Crippen LogP contribution in [0.15, 0.2) is 48.5 Å². The molecule has 0 spiro atoms. The van der Waals surface area contributed by atoms with Crippen LogP contribution in [0.2, 0.25) is 0 Å². The van der Waals surface area contributed by atoms with E-state index in [0.29, 0.717) is 5.95 Å². The Morgan fingerprint density at radius 3 is 2.79 bits per heavy atom. The fraction of sp³-hybridized carbons (Fsp3) is 0.211. The summed E-state index contributed by atoms with van der Waals surface area (Å²) in [5.74, 6) is 0.570. The molecular formula is C19H19N5. The highest BCUT2D eigenvalue weighted by atomic mass is 15.3. The van der Waals surface area contributed by atoms with Gasteiger partial charge in [0.25, 0.3) is 0 Å². The quantitative estimate of drug-likeness (QED) is 0.626. The highest BCUT2D eigenvalue weighted by Gasteiger charge is 2.11. The van der Waals surface area contributed by atoms with E-state index < -0.39 is 0 Å². The van der Waals surface area contributed by atoms with Crippen molar-refractivity contribution in [2.75, 3.05) is 11.9 Å². The Morgan fingerprint density at radius 1 is 1.04 bits per heavy atom. The molecule has 0 saturated heterocycles. The third-order valence-electron chi connectivity index (χ3n) is 4.29. The SMILES string of the molecule is Cc1cccc(CCNc2nnc3c4ccccc4n(C)c3n2)c1. The van der Waals surface area contributed by atoms with E-state index in [-0.39, 0.29) is 0 Å². The summed E-state index contributed by atoms with van der Waals surface area (Å²) in [4.78, 5) is 4.64. The molecule has 2 heterocycles. The van der Waals surface area contributed by atoms with E-state index in [0.717, 1.165) is 35.0 Å². The van der Waals surface area contributed by atoms with Crippen LogP contribution in [0.5, 0.6) is 0 Å². The second kappa shape index (κ2) is 5.92. The zero-order chi connectivity index (χ0) is 16.5. The Bertz CT molecular complexity index is 1020. The van der Waals surface area contributed by atoms with Gasteiger partial charge in [-0.3, -0.25) is 0 Å². The number of hydrogen-bond donors (Lipinski definition) is 1. The summed E-state index contributed by atoms with van der Waals surface area (Å²) >= 11 is 0. The molecule has 0 unspecified atom stereocenters. The maximum Gasteiger partial charge on any atom is 0.244 e. The van der Waals surface area contributed by atoms with Crippen LogP contribution in [-0.4, -0.2) is 26.3 Å². The van der Waals surface area contributed by atoms with E-state index in [2.05, 4.69) is 68.4 Å². The molecule has 2 aromatic heterocycles. The molecule has 1 N–H and O–H groups in total. The van der Waals surface area contributed by atoms with Gasteiger partial charge in [0.1, 0.15) is 5.52 Å². The molecule has 5 heteroatoms. The van der Waals surface area contributed by atoms with Crippen molar-refractivity contribution in [1.29, 1.82) is 0 Å². The van der Waals surface area contributed by atoms with E-state index in [1.54, 1.807) is 0 Å². The van der Waals surface area contributed by atoms with Crippen LogP contribution in [0.1, 0.15) is 11.1 Å². The lowest BCUT2D eigenvalue weighted by Gasteiger charge is -2.05. The van der Waals surface area contributed by atoms with Gasteiger partial charge in [0.05, 0.1) is 5.52 Å². The molecule has 4 aromatic rings. The topological polar surface area (TPSA) is 55.6 Å². The largest absolute Gasteiger partial charge is 0.353 e. The molecule has 0 aliphatic heterocycles. The number of nitrogens with zero attached hydrogens (tertiary/aromatic N) is 4. The van der Waals surface area contributed by atoms with Gasteiger partial charge >= 0.3 is 0 Å². The number of nitrogens with one attached hydrogen (secondary N) is 1. The van der Waals surface area contributed by atoms with E-state index in [9.17, 15) is 0 Å². The number of anilines is 1. The first-order chi connectivity index (χ1) is 11.7. The zero-order valence-corrected chi connectivity index (χ0v) is 13.8. The van der Waals surface area contributed by atoms with Gasteiger partial charge < -0.3 is 9.88 Å². The van der Waals surface area contributed by atoms with Crippen LogP contribution >= 0.6 is 0 Å². The van der Waals surface area contributed by atoms with Crippen LogP contribution in [0, 0.1) is 6.92 Å². The smallest absolute Gasteiger partial charge is 0.244 e. The van der Waals surface area contributed by atoms with E-state index in [1.165, 1.54) is 11.1 Å². The molecule has 5 nitrogen and oxygen atoms in total. The van der Waals surface area contributed by atoms with E-state index in [1.807, 2.05) is 19.2 Å². The van der Waals surface area contributed by atoms with Crippen molar-refractivity contribution >= 4 is 28.0 Å². The Balaban J connectivity index is 1.57. The van der Waals surface area contributed by atoms with Crippen molar-refractivity contribution in [3.63, 3.8) is 0 Å². The number of para-hydroxylation sites is 1. The number of rotatable bonds is 4. The molecule has 0 aliphatic rings. The molecule has 120 valence electrons. The van der Waals surface area contributed by atoms with Crippen molar-refractivity contribution in [1.82, 2.24) is 19.7 Å². The number of fused-ring (bicyclic) bond motifs is 3. The van der Waals surface area contributed by atoms with Gasteiger partial charge in [0, 0.05) is 19.0 Å². The first kappa shape index (κ1) is 14.6. The Kier molecular flexibility index (Phi) is 3.61. The monoisotopic (exact) mass is 317 g/mol. The minimum atomic E-state index is 0.570. The van der Waals surface area contributed by atoms with Gasteiger partial charge in [-0.25, -0.2) is 0 Å². The minimum Gasteiger partial charge on any atom is -0.353 e. The maximum atomic E-state index is 4.64. The van der Waals surface area contributed by atoms with Gasteiger partial charge in [-0.15, -0.1) is 10.2 Å². The fourth-order valence-electron chi connectivity index (χ4n) is 3.07. The van der Waals surface area contributed by atoms with Gasteiger partial charge in [-0.1, -0.05) is 48.0 Å². The molecule has 0 radical (unpaired) electrons. The van der Waals surface area contributed by atoms with Gasteiger partial charge in [0.15, 0.2) is 5.65 Å². The number of aryl methyl sites for hydroxylation is 2. The van der Waals surface area contributed by atoms with Crippen molar-refractivity contribution in [3.8, 4) is 0 Å². The normalized spacial score (nSPS) is 11.2. The zero-order valence-electron chi connectivity index (χ0n) is 13.8. The molecule has 0 bridgehead atoms. The van der Waals surface area contributed by atoms with Gasteiger partial charge in [-0.2, -0.15) is 4.98 Å². The minimum absolute atomic E-state index is 0.570. The fourth-order valence-corrected chi connectivity index (χ4v) is 3.07. The number of aromatic nitrogens is 4. The third-order valence-corrected chi connectivity index (χ3v) is 4.29. The molecule has 0 aliphatic carbocycles. The summed E-state index contributed by atoms with van der Waals surface area (Å²) in [5, 5.41) is 13.0. The van der Waals surface area contributed by atoms with E-state index in [4.69, 9.17) is 0 Å². The molecule has 0 atom stereocenters. The lowest BCUT2D eigenvalue weighted by Crippen LogP contribution is -2.09. The van der Waals surface area contributed by atoms with Crippen LogP contribution < -0.4 is 5.32 Å². The highest BCUT2D eigenvalue weighted by Crippen LogP contribution is 2.24. The summed E-state index contributed by atoms with van der Waals surface area (Å²) in [6.45, 7) is 2.89. The predicted octanol–water partition coefficient (Wildman–Crippen LogP) is 3.48. The lowest BCUT2D eigenvalue weighted by molar-refractivity contribution is 0.926. The summed E-state index contributed by atoms with van der Waals surface area (Å²) < 4.78 is 2.06. The lowest BCUT2D eigenvalue weighted by atomic mass is 10.1. The van der Waals surface area contributed by atoms with Crippen LogP contribution in [0.25, 0.3) is 22.1 Å². The third kappa shape index (κ3) is 2.58. The molecule has 24 heavy (non-hydrogen) atoms. The Hall–Kier alpha value is -2.95. The molecule has 0 amide bonds. The second-order valence-corrected chi connectivity index (χ2v) is 6.05. The van der Waals surface area contributed by atoms with Crippen molar-refractivity contribution in [3.05, 3.63) is 59.7 Å². The predicted molar refractivity (Wildman–Crippen MR) is 97.2 cm³/mol. The average molecular weight is 317 g/mol. The first-order valence-electron chi connectivity index (χ1n) is 8.09. The second-order valence-electron chi connectivity index (χ2n) is 6.05. The number of benzene rings is 2. The Labute approximate surface area is 140 Å². The van der Waals surface area contributed by atoms with Gasteiger partial charge in [0.2, 0.25) is 5.95 Å². The van der Waals surface area contributed by atoms with Crippen LogP contribution in [-0.2, 0) is 13.5 Å². The molecule has 0 fully saturated rings. The van der Waals surface area contributed by atoms with E-state index >= 15 is 0 Å². The standard InChI is InChI=1S/C19H19N5/c1-13-6-5-7-14(12-13)10-11-20-19-21-18-17(22-23-19)15-8-3-4-9-16(15)24(18)2/h3-9,12H,10-11H2,1-2H3,(H,20,21,23). The molecule has 4 rings (SSSR count). The number of hydrogen-bond acceptors (Lipinski definition) is 4. The highest BCUT2D eigenvalue weighted by molar-refractivity contribution is 6.04. The van der Waals surface area contributed by atoms with Crippen molar-refractivity contribution in [2.45, 2.75) is 13.3 Å². The molecule has 0 saturated carbocycles. The summed E-state index contributed by atoms with van der Waals surface area (Å²) in [6, 6.07) is 16.7. The molecular weight excluding hydrogens is 298 g/mol. The average Bonchev–Trinajstić information content (AvgIpc) is 2.88. The summed E-state index contributed by atoms with van der Waals surface area (Å²) in [7, 11) is 2.01. The Morgan fingerprint density at radius 2 is 1.92 bits per heavy atom. The van der Waals surface area contributed by atoms with Crippen LogP contribution in [0.4, 0.5) is 5.95 Å². The first-order valence-corrected chi connectivity index (χ1v) is 8.09. The van der Waals surface area contributed by atoms with Crippen molar-refractivity contribution in [2.24, 2.45) is 7.05 Å². The summed E-state index contributed by atoms with van der Waals surface area (Å²) in [6.07, 6.45) is 0.929. The molecule has 2 aromatic carbocycles. The summed E-state index contributed by atoms with van der Waals surface area (Å²) in [5.41, 5.74) is 5.40. The van der Waals surface area contributed by atoms with Crippen LogP contribution in [0.3, 0.4) is 0 Å². The van der Waals surface area contributed by atoms with Gasteiger partial charge in [-0.05, 0) is 25.0 Å².